The van der Waals surface area contributed by atoms with Crippen molar-refractivity contribution in [3.63, 3.8) is 0 Å². The Bertz CT molecular complexity index is 1380. The zero-order valence-electron chi connectivity index (χ0n) is 19.2. The van der Waals surface area contributed by atoms with E-state index in [1.165, 1.54) is 0 Å². The van der Waals surface area contributed by atoms with Crippen molar-refractivity contribution >= 4 is 29.1 Å². The van der Waals surface area contributed by atoms with Gasteiger partial charge in [-0.15, -0.1) is 0 Å². The van der Waals surface area contributed by atoms with E-state index >= 15 is 0 Å². The molecule has 3 heterocycles. The molecule has 0 aliphatic carbocycles. The fourth-order valence-electron chi connectivity index (χ4n) is 4.27. The highest BCUT2D eigenvalue weighted by Crippen LogP contribution is 2.29. The Morgan fingerprint density at radius 1 is 0.944 bits per heavy atom. The number of nitrogens with one attached hydrogen (secondary N) is 1. The maximum absolute atomic E-state index is 13.7. The lowest BCUT2D eigenvalue weighted by molar-refractivity contribution is -0.120. The summed E-state index contributed by atoms with van der Waals surface area (Å²) in [6.07, 6.45) is 2.70. The third-order valence-electron chi connectivity index (χ3n) is 6.15. The van der Waals surface area contributed by atoms with Crippen LogP contribution in [0.15, 0.2) is 91.3 Å². The van der Waals surface area contributed by atoms with E-state index in [-0.39, 0.29) is 24.8 Å². The van der Waals surface area contributed by atoms with Gasteiger partial charge in [0.05, 0.1) is 16.9 Å². The molecule has 2 N–H and O–H groups in total. The summed E-state index contributed by atoms with van der Waals surface area (Å²) in [7, 11) is 0. The third-order valence-corrected chi connectivity index (χ3v) is 6.39. The lowest BCUT2D eigenvalue weighted by Gasteiger charge is -2.29. The van der Waals surface area contributed by atoms with Crippen molar-refractivity contribution in [3.8, 4) is 0 Å². The molecule has 0 radical (unpaired) electrons. The van der Waals surface area contributed by atoms with E-state index in [0.29, 0.717) is 33.2 Å². The summed E-state index contributed by atoms with van der Waals surface area (Å²) in [5.74, 6) is -0.587. The molecule has 36 heavy (non-hydrogen) atoms. The Balaban J connectivity index is 1.46. The van der Waals surface area contributed by atoms with Crippen molar-refractivity contribution in [1.82, 2.24) is 14.9 Å². The molecule has 0 spiro atoms. The van der Waals surface area contributed by atoms with Crippen LogP contribution in [-0.2, 0) is 17.8 Å². The van der Waals surface area contributed by atoms with Crippen LogP contribution in [0.2, 0.25) is 5.02 Å². The third kappa shape index (κ3) is 4.98. The van der Waals surface area contributed by atoms with Gasteiger partial charge in [-0.2, -0.15) is 0 Å². The number of aliphatic hydroxyl groups excluding tert-OH is 1. The minimum absolute atomic E-state index is 0.200. The molecule has 1 aliphatic heterocycles. The number of halogens is 1. The molecular weight excluding hydrogens is 476 g/mol. The summed E-state index contributed by atoms with van der Waals surface area (Å²) >= 11 is 6.13. The van der Waals surface area contributed by atoms with Crippen LogP contribution in [0.4, 0.5) is 5.69 Å². The summed E-state index contributed by atoms with van der Waals surface area (Å²) in [6, 6.07) is 22.2. The highest BCUT2D eigenvalue weighted by Gasteiger charge is 2.36. The maximum Gasteiger partial charge on any atom is 0.256 e. The number of fused-ring (bicyclic) bond motifs is 1. The van der Waals surface area contributed by atoms with Gasteiger partial charge in [0.25, 0.3) is 5.91 Å². The second-order valence-electron chi connectivity index (χ2n) is 8.55. The molecule has 180 valence electrons. The number of nitrogens with zero attached hydrogens (tertiary/aromatic N) is 3. The molecule has 0 saturated carbocycles. The summed E-state index contributed by atoms with van der Waals surface area (Å²) in [5.41, 5.74) is 3.51. The number of hydrogen-bond acceptors (Lipinski definition) is 5. The quantitative estimate of drug-likeness (QED) is 0.410. The number of hydrogen-bond donors (Lipinski definition) is 2. The molecule has 7 nitrogen and oxygen atoms in total. The van der Waals surface area contributed by atoms with E-state index in [2.05, 4.69) is 15.3 Å². The molecule has 2 aromatic heterocycles. The van der Waals surface area contributed by atoms with Crippen LogP contribution in [0.1, 0.15) is 39.0 Å². The number of carbonyl (C=O) groups is 2. The van der Waals surface area contributed by atoms with Gasteiger partial charge in [-0.05, 0) is 53.6 Å². The van der Waals surface area contributed by atoms with Crippen LogP contribution in [0, 0.1) is 0 Å². The first-order chi connectivity index (χ1) is 17.5. The fraction of sp³-hybridized carbons (Fsp3) is 0.143. The van der Waals surface area contributed by atoms with E-state index in [1.54, 1.807) is 65.8 Å². The van der Waals surface area contributed by atoms with Gasteiger partial charge in [-0.25, -0.2) is 0 Å². The summed E-state index contributed by atoms with van der Waals surface area (Å²) in [6.45, 7) is 0.200. The Hall–Kier alpha value is -4.07. The molecule has 0 fully saturated rings. The molecular formula is C28H23ClN4O3. The van der Waals surface area contributed by atoms with Crippen molar-refractivity contribution in [3.05, 3.63) is 124 Å². The average Bonchev–Trinajstić information content (AvgIpc) is 2.99. The van der Waals surface area contributed by atoms with E-state index in [0.717, 1.165) is 5.56 Å². The van der Waals surface area contributed by atoms with Crippen molar-refractivity contribution in [2.45, 2.75) is 25.1 Å². The van der Waals surface area contributed by atoms with E-state index in [1.807, 2.05) is 30.3 Å². The van der Waals surface area contributed by atoms with Gasteiger partial charge in [0.1, 0.15) is 12.1 Å². The normalized spacial score (nSPS) is 16.2. The average molecular weight is 499 g/mol. The zero-order valence-corrected chi connectivity index (χ0v) is 20.0. The second kappa shape index (κ2) is 10.3. The molecule has 4 aromatic rings. The van der Waals surface area contributed by atoms with Crippen LogP contribution in [0.5, 0.6) is 0 Å². The van der Waals surface area contributed by atoms with Crippen LogP contribution >= 0.6 is 11.6 Å². The number of aliphatic hydroxyl groups is 1. The number of rotatable bonds is 6. The first-order valence-electron chi connectivity index (χ1n) is 11.5. The summed E-state index contributed by atoms with van der Waals surface area (Å²) < 4.78 is 0. The molecule has 1 aliphatic rings. The maximum atomic E-state index is 13.7. The molecule has 1 unspecified atom stereocenters. The number of amides is 2. The van der Waals surface area contributed by atoms with Crippen LogP contribution in [-0.4, -0.2) is 37.8 Å². The molecule has 0 bridgehead atoms. The summed E-state index contributed by atoms with van der Waals surface area (Å²) in [5, 5.41) is 14.0. The molecule has 5 rings (SSSR count). The first kappa shape index (κ1) is 23.7. The lowest BCUT2D eigenvalue weighted by atomic mass is 10.0. The van der Waals surface area contributed by atoms with Gasteiger partial charge in [-0.1, -0.05) is 48.0 Å². The molecule has 8 heteroatoms. The van der Waals surface area contributed by atoms with Crippen molar-refractivity contribution in [2.24, 2.45) is 0 Å². The number of benzene rings is 2. The van der Waals surface area contributed by atoms with Crippen LogP contribution < -0.4 is 5.32 Å². The molecule has 0 saturated heterocycles. The number of pyridine rings is 2. The number of anilines is 1. The van der Waals surface area contributed by atoms with Crippen LogP contribution in [0.3, 0.4) is 0 Å². The second-order valence-corrected chi connectivity index (χ2v) is 8.99. The van der Waals surface area contributed by atoms with Crippen molar-refractivity contribution in [2.75, 3.05) is 5.32 Å². The summed E-state index contributed by atoms with van der Waals surface area (Å²) in [4.78, 5) is 37.1. The first-order valence-corrected chi connectivity index (χ1v) is 11.9. The van der Waals surface area contributed by atoms with Crippen molar-refractivity contribution < 1.29 is 14.7 Å². The smallest absolute Gasteiger partial charge is 0.256 e. The SMILES string of the molecule is O=C1Nc2cc(Cl)ccc2C(=O)N(Cc2ccc(C(O)c3ccccn3)cc2)[C@@H]1Cc1ccccn1. The van der Waals surface area contributed by atoms with Gasteiger partial charge in [0, 0.05) is 36.1 Å². The number of aromatic nitrogens is 2. The van der Waals surface area contributed by atoms with Gasteiger partial charge in [0.2, 0.25) is 5.91 Å². The minimum Gasteiger partial charge on any atom is -0.382 e. The van der Waals surface area contributed by atoms with Gasteiger partial charge in [-0.3, -0.25) is 19.6 Å². The topological polar surface area (TPSA) is 95.4 Å². The minimum atomic E-state index is -0.862. The largest absolute Gasteiger partial charge is 0.382 e. The predicted octanol–water partition coefficient (Wildman–Crippen LogP) is 4.42. The fourth-order valence-corrected chi connectivity index (χ4v) is 4.44. The van der Waals surface area contributed by atoms with Gasteiger partial charge in [0.15, 0.2) is 0 Å². The molecule has 2 aromatic carbocycles. The highest BCUT2D eigenvalue weighted by atomic mass is 35.5. The van der Waals surface area contributed by atoms with E-state index in [4.69, 9.17) is 11.6 Å². The lowest BCUT2D eigenvalue weighted by Crippen LogP contribution is -2.46. The predicted molar refractivity (Wildman–Crippen MR) is 136 cm³/mol. The zero-order chi connectivity index (χ0) is 25.1. The van der Waals surface area contributed by atoms with Gasteiger partial charge < -0.3 is 15.3 Å². The van der Waals surface area contributed by atoms with E-state index < -0.39 is 12.1 Å². The van der Waals surface area contributed by atoms with Crippen LogP contribution in [0.25, 0.3) is 0 Å². The Labute approximate surface area is 213 Å². The molecule has 2 amide bonds. The Morgan fingerprint density at radius 3 is 2.39 bits per heavy atom. The molecule has 2 atom stereocenters. The Kier molecular flexibility index (Phi) is 6.75. The Morgan fingerprint density at radius 2 is 1.69 bits per heavy atom. The van der Waals surface area contributed by atoms with E-state index in [9.17, 15) is 14.7 Å². The standard InChI is InChI=1S/C28H23ClN4O3/c29-20-11-12-22-24(15-20)32-27(35)25(16-21-5-1-3-13-30-21)33(28(22)36)17-18-7-9-19(10-8-18)26(34)23-6-2-4-14-31-23/h1-15,25-26,34H,16-17H2,(H,32,35)/t25-,26?/m1/s1. The monoisotopic (exact) mass is 498 g/mol. The number of carbonyl (C=O) groups excluding carboxylic acids is 2. The highest BCUT2D eigenvalue weighted by molar-refractivity contribution is 6.31. The van der Waals surface area contributed by atoms with Crippen molar-refractivity contribution in [1.29, 1.82) is 0 Å². The van der Waals surface area contributed by atoms with Gasteiger partial charge >= 0.3 is 0 Å².